The van der Waals surface area contributed by atoms with E-state index in [0.29, 0.717) is 21.7 Å². The lowest BCUT2D eigenvalue weighted by Gasteiger charge is -2.50. The summed E-state index contributed by atoms with van der Waals surface area (Å²) < 4.78 is 18.7. The molecule has 10 nitrogen and oxygen atoms in total. The van der Waals surface area contributed by atoms with E-state index >= 15 is 0 Å². The van der Waals surface area contributed by atoms with Crippen LogP contribution in [0.5, 0.6) is 0 Å². The van der Waals surface area contributed by atoms with Gasteiger partial charge in [0, 0.05) is 16.0 Å². The number of carbonyl (C=O) groups excluding carboxylic acids is 5. The van der Waals surface area contributed by atoms with Crippen LogP contribution in [0.1, 0.15) is 29.8 Å². The highest BCUT2D eigenvalue weighted by atomic mass is 35.5. The first-order valence-corrected chi connectivity index (χ1v) is 16.0. The molecular weight excluding hydrogens is 662 g/mol. The average Bonchev–Trinajstić information content (AvgIpc) is 3.43. The number of hydrogen-bond acceptors (Lipinski definition) is 12. The van der Waals surface area contributed by atoms with Gasteiger partial charge in [0.05, 0.1) is 55.8 Å². The van der Waals surface area contributed by atoms with Crippen LogP contribution in [0.4, 0.5) is 5.69 Å². The number of benzene rings is 2. The quantitative estimate of drug-likeness (QED) is 0.288. The van der Waals surface area contributed by atoms with Gasteiger partial charge in [-0.2, -0.15) is 0 Å². The minimum atomic E-state index is -1.66. The van der Waals surface area contributed by atoms with Crippen LogP contribution in [0.15, 0.2) is 73.7 Å². The number of nitrogens with zero attached hydrogens (tertiary/aromatic N) is 1. The molecule has 2 aromatic rings. The second kappa shape index (κ2) is 12.3. The fraction of sp³-hybridized carbons (Fsp3) is 0.258. The second-order valence-electron chi connectivity index (χ2n) is 10.2. The minimum absolute atomic E-state index is 0.122. The van der Waals surface area contributed by atoms with Crippen molar-refractivity contribution in [3.05, 3.63) is 89.9 Å². The Bertz CT molecular complexity index is 1750. The van der Waals surface area contributed by atoms with Crippen molar-refractivity contribution in [1.82, 2.24) is 0 Å². The van der Waals surface area contributed by atoms with Gasteiger partial charge >= 0.3 is 23.9 Å². The van der Waals surface area contributed by atoms with Crippen molar-refractivity contribution in [2.45, 2.75) is 23.5 Å². The lowest BCUT2D eigenvalue weighted by molar-refractivity contribution is -0.138. The summed E-state index contributed by atoms with van der Waals surface area (Å²) in [5.41, 5.74) is 0.406. The molecule has 0 N–H and O–H groups in total. The lowest BCUT2D eigenvalue weighted by atomic mass is 9.83. The molecule has 2 aromatic carbocycles. The summed E-state index contributed by atoms with van der Waals surface area (Å²) in [6.07, 6.45) is 0. The van der Waals surface area contributed by atoms with Gasteiger partial charge in [-0.25, -0.2) is 19.2 Å². The van der Waals surface area contributed by atoms with Gasteiger partial charge in [-0.15, -0.1) is 0 Å². The van der Waals surface area contributed by atoms with Crippen molar-refractivity contribution in [3.63, 3.8) is 0 Å². The van der Waals surface area contributed by atoms with Crippen molar-refractivity contribution in [2.75, 3.05) is 33.3 Å². The van der Waals surface area contributed by atoms with Crippen LogP contribution in [0, 0.1) is 0 Å². The molecule has 1 amide bonds. The third-order valence-corrected chi connectivity index (χ3v) is 12.3. The summed E-state index contributed by atoms with van der Waals surface area (Å²) >= 11 is 9.17. The smallest absolute Gasteiger partial charge is 0.345 e. The molecule has 0 saturated heterocycles. The van der Waals surface area contributed by atoms with Crippen LogP contribution < -0.4 is 4.90 Å². The maximum absolute atomic E-state index is 14.3. The van der Waals surface area contributed by atoms with Gasteiger partial charge in [-0.3, -0.25) is 9.69 Å². The fourth-order valence-corrected chi connectivity index (χ4v) is 10.7. The molecule has 3 aliphatic rings. The molecule has 0 radical (unpaired) electrons. The van der Waals surface area contributed by atoms with Crippen molar-refractivity contribution < 1.29 is 42.9 Å². The Hall–Kier alpha value is -3.65. The number of hydrogen-bond donors (Lipinski definition) is 0. The zero-order chi connectivity index (χ0) is 32.8. The Morgan fingerprint density at radius 3 is 1.78 bits per heavy atom. The first kappa shape index (κ1) is 32.7. The Kier molecular flexibility index (Phi) is 8.93. The number of anilines is 1. The summed E-state index contributed by atoms with van der Waals surface area (Å²) in [6, 6.07) is 13.7. The van der Waals surface area contributed by atoms with E-state index in [1.165, 1.54) is 7.11 Å². The van der Waals surface area contributed by atoms with Crippen LogP contribution in [-0.2, 0) is 38.1 Å². The van der Waals surface area contributed by atoms with Crippen LogP contribution >= 0.6 is 46.9 Å². The number of carbonyl (C=O) groups is 5. The number of fused-ring (bicyclic) bond motifs is 3. The lowest BCUT2D eigenvalue weighted by Crippen LogP contribution is -2.53. The Morgan fingerprint density at radius 2 is 1.22 bits per heavy atom. The molecule has 3 heterocycles. The van der Waals surface area contributed by atoms with E-state index in [1.807, 2.05) is 0 Å². The normalized spacial score (nSPS) is 17.9. The van der Waals surface area contributed by atoms with Gasteiger partial charge < -0.3 is 18.9 Å². The zero-order valence-electron chi connectivity index (χ0n) is 24.8. The number of thioether (sulfide) groups is 3. The number of ether oxygens (including phenoxy) is 4. The molecular formula is C31H26ClNO9S3. The highest BCUT2D eigenvalue weighted by Gasteiger charge is 2.61. The molecule has 14 heteroatoms. The number of halogens is 1. The van der Waals surface area contributed by atoms with Crippen molar-refractivity contribution in [1.29, 1.82) is 0 Å². The predicted octanol–water partition coefficient (Wildman–Crippen LogP) is 5.57. The average molecular weight is 688 g/mol. The summed E-state index contributed by atoms with van der Waals surface area (Å²) in [6.45, 7) is 3.60. The third-order valence-electron chi connectivity index (χ3n) is 7.35. The standard InChI is InChI=1S/C31H26ClNO9S3/c1-30(2)24-19(16-12-8-10-14-18(16)33(30)25(34)15-11-7-9-13-17(15)32)31(20(26(35)39-3)21(43-24)27(36)40-4)44-22(28(37)41-5)23(45-31)29(38)42-6/h7-14H,1-6H3. The van der Waals surface area contributed by atoms with E-state index in [2.05, 4.69) is 0 Å². The summed E-state index contributed by atoms with van der Waals surface area (Å²) in [7, 11) is 4.66. The van der Waals surface area contributed by atoms with Crippen LogP contribution in [0.25, 0.3) is 5.57 Å². The molecule has 45 heavy (non-hydrogen) atoms. The summed E-state index contributed by atoms with van der Waals surface area (Å²) in [5.74, 6) is -3.82. The minimum Gasteiger partial charge on any atom is -0.466 e. The SMILES string of the molecule is COC(=O)C1=C(C(=O)OC)SC2(S1)C(C(=O)OC)=C(C(=O)OC)SC1=C2c2ccccc2N(C(=O)c2ccccc2Cl)C1(C)C. The molecule has 0 unspecified atom stereocenters. The van der Waals surface area contributed by atoms with Crippen LogP contribution in [0.3, 0.4) is 0 Å². The van der Waals surface area contributed by atoms with E-state index in [-0.39, 0.29) is 30.9 Å². The molecule has 0 atom stereocenters. The molecule has 5 rings (SSSR count). The maximum atomic E-state index is 14.3. The Balaban J connectivity index is 1.88. The number of methoxy groups -OCH3 is 4. The molecule has 0 bridgehead atoms. The highest BCUT2D eigenvalue weighted by Crippen LogP contribution is 2.71. The fourth-order valence-electron chi connectivity index (χ4n) is 5.38. The van der Waals surface area contributed by atoms with Gasteiger partial charge in [-0.05, 0) is 32.0 Å². The van der Waals surface area contributed by atoms with Gasteiger partial charge in [0.2, 0.25) is 0 Å². The topological polar surface area (TPSA) is 126 Å². The molecule has 0 aliphatic carbocycles. The van der Waals surface area contributed by atoms with Gasteiger partial charge in [0.15, 0.2) is 0 Å². The predicted molar refractivity (Wildman–Crippen MR) is 173 cm³/mol. The molecule has 0 aromatic heterocycles. The van der Waals surface area contributed by atoms with Gasteiger partial charge in [-0.1, -0.05) is 77.2 Å². The highest BCUT2D eigenvalue weighted by molar-refractivity contribution is 8.26. The maximum Gasteiger partial charge on any atom is 0.345 e. The number of esters is 4. The first-order valence-electron chi connectivity index (χ1n) is 13.2. The Morgan fingerprint density at radius 1 is 0.711 bits per heavy atom. The molecule has 0 fully saturated rings. The number of rotatable bonds is 5. The molecule has 1 spiro atoms. The first-order chi connectivity index (χ1) is 21.4. The zero-order valence-corrected chi connectivity index (χ0v) is 28.0. The van der Waals surface area contributed by atoms with Crippen LogP contribution in [0.2, 0.25) is 5.02 Å². The van der Waals surface area contributed by atoms with Crippen molar-refractivity contribution in [3.8, 4) is 0 Å². The van der Waals surface area contributed by atoms with E-state index in [4.69, 9.17) is 30.5 Å². The van der Waals surface area contributed by atoms with Crippen LogP contribution in [-0.4, -0.2) is 67.8 Å². The van der Waals surface area contributed by atoms with E-state index < -0.39 is 39.4 Å². The van der Waals surface area contributed by atoms with Gasteiger partial charge in [0.25, 0.3) is 5.91 Å². The summed E-state index contributed by atoms with van der Waals surface area (Å²) in [4.78, 5) is 69.4. The van der Waals surface area contributed by atoms with Crippen molar-refractivity contribution in [2.24, 2.45) is 0 Å². The van der Waals surface area contributed by atoms with E-state index in [0.717, 1.165) is 56.6 Å². The van der Waals surface area contributed by atoms with Crippen molar-refractivity contribution >= 4 is 87.9 Å². The summed E-state index contributed by atoms with van der Waals surface area (Å²) in [5, 5.41) is 0.253. The number of para-hydroxylation sites is 1. The molecule has 234 valence electrons. The van der Waals surface area contributed by atoms with Gasteiger partial charge in [0.1, 0.15) is 18.8 Å². The monoisotopic (exact) mass is 687 g/mol. The van der Waals surface area contributed by atoms with E-state index in [9.17, 15) is 24.0 Å². The Labute approximate surface area is 276 Å². The number of amides is 1. The third kappa shape index (κ3) is 5.05. The largest absolute Gasteiger partial charge is 0.466 e. The molecule has 3 aliphatic heterocycles. The second-order valence-corrected chi connectivity index (χ2v) is 14.3. The van der Waals surface area contributed by atoms with E-state index in [1.54, 1.807) is 67.3 Å². The molecule has 0 saturated carbocycles.